The molecule has 0 amide bonds. The second kappa shape index (κ2) is 5.60. The summed E-state index contributed by atoms with van der Waals surface area (Å²) in [7, 11) is 3.81. The Hall–Kier alpha value is -1.94. The second-order valence-electron chi connectivity index (χ2n) is 4.09. The Bertz CT molecular complexity index is 493. The number of benzene rings is 1. The summed E-state index contributed by atoms with van der Waals surface area (Å²) in [4.78, 5) is 6.31. The van der Waals surface area contributed by atoms with Crippen molar-refractivity contribution in [2.24, 2.45) is 0 Å². The molecule has 2 rings (SSSR count). The van der Waals surface area contributed by atoms with Gasteiger partial charge in [0, 0.05) is 25.5 Å². The Morgan fingerprint density at radius 3 is 2.44 bits per heavy atom. The Balaban J connectivity index is 2.17. The second-order valence-corrected chi connectivity index (χ2v) is 4.09. The lowest BCUT2D eigenvalue weighted by Crippen LogP contribution is -2.12. The van der Waals surface area contributed by atoms with Crippen molar-refractivity contribution in [1.82, 2.24) is 10.3 Å². The fraction of sp³-hybridized carbons (Fsp3) is 0.214. The van der Waals surface area contributed by atoms with Crippen LogP contribution in [0.4, 0.5) is 15.9 Å². The third-order valence-corrected chi connectivity index (χ3v) is 2.75. The number of hydrogen-bond donors (Lipinski definition) is 1. The molecule has 0 aliphatic heterocycles. The highest BCUT2D eigenvalue weighted by Gasteiger charge is 2.05. The van der Waals surface area contributed by atoms with Crippen molar-refractivity contribution in [3.05, 3.63) is 54.0 Å². The van der Waals surface area contributed by atoms with Gasteiger partial charge >= 0.3 is 0 Å². The number of hydrogen-bond acceptors (Lipinski definition) is 3. The molecular weight excluding hydrogens is 229 g/mol. The highest BCUT2D eigenvalue weighted by molar-refractivity contribution is 5.58. The smallest absolute Gasteiger partial charge is 0.132 e. The zero-order valence-electron chi connectivity index (χ0n) is 10.5. The van der Waals surface area contributed by atoms with Crippen LogP contribution in [0, 0.1) is 5.82 Å². The predicted octanol–water partition coefficient (Wildman–Crippen LogP) is 2.71. The molecule has 1 aromatic heterocycles. The summed E-state index contributed by atoms with van der Waals surface area (Å²) in [6.45, 7) is 0.799. The molecule has 0 spiro atoms. The summed E-state index contributed by atoms with van der Waals surface area (Å²) in [5.41, 5.74) is 2.04. The molecule has 0 aliphatic carbocycles. The van der Waals surface area contributed by atoms with Gasteiger partial charge in [-0.2, -0.15) is 0 Å². The van der Waals surface area contributed by atoms with E-state index in [1.165, 1.54) is 12.1 Å². The quantitative estimate of drug-likeness (QED) is 0.897. The molecule has 1 heterocycles. The maximum atomic E-state index is 12.8. The van der Waals surface area contributed by atoms with E-state index in [4.69, 9.17) is 0 Å². The minimum Gasteiger partial charge on any atom is -0.329 e. The summed E-state index contributed by atoms with van der Waals surface area (Å²) >= 11 is 0. The molecule has 1 N–H and O–H groups in total. The fourth-order valence-electron chi connectivity index (χ4n) is 1.72. The van der Waals surface area contributed by atoms with Crippen LogP contribution < -0.4 is 10.2 Å². The number of pyridine rings is 1. The van der Waals surface area contributed by atoms with Crippen LogP contribution in [0.25, 0.3) is 0 Å². The molecule has 0 radical (unpaired) electrons. The lowest BCUT2D eigenvalue weighted by Gasteiger charge is -2.18. The average Bonchev–Trinajstić information content (AvgIpc) is 2.40. The van der Waals surface area contributed by atoms with Crippen LogP contribution in [-0.4, -0.2) is 19.1 Å². The molecule has 0 atom stereocenters. The van der Waals surface area contributed by atoms with Gasteiger partial charge in [-0.05, 0) is 42.9 Å². The van der Waals surface area contributed by atoms with Crippen molar-refractivity contribution in [2.45, 2.75) is 6.54 Å². The first-order valence-electron chi connectivity index (χ1n) is 5.79. The predicted molar refractivity (Wildman–Crippen MR) is 71.5 cm³/mol. The lowest BCUT2D eigenvalue weighted by atomic mass is 10.2. The molecule has 0 saturated heterocycles. The van der Waals surface area contributed by atoms with Gasteiger partial charge in [0.2, 0.25) is 0 Å². The summed E-state index contributed by atoms with van der Waals surface area (Å²) in [6, 6.07) is 10.3. The molecule has 0 fully saturated rings. The number of aromatic nitrogens is 1. The third-order valence-electron chi connectivity index (χ3n) is 2.75. The average molecular weight is 245 g/mol. The van der Waals surface area contributed by atoms with Crippen LogP contribution in [0.2, 0.25) is 0 Å². The first-order valence-corrected chi connectivity index (χ1v) is 5.79. The summed E-state index contributed by atoms with van der Waals surface area (Å²) in [6.07, 6.45) is 1.84. The normalized spacial score (nSPS) is 10.4. The Morgan fingerprint density at radius 1 is 1.17 bits per heavy atom. The van der Waals surface area contributed by atoms with Crippen molar-refractivity contribution >= 4 is 11.5 Å². The van der Waals surface area contributed by atoms with Gasteiger partial charge in [-0.3, -0.25) is 0 Å². The summed E-state index contributed by atoms with van der Waals surface area (Å²) in [5.74, 6) is 0.603. The van der Waals surface area contributed by atoms with Crippen molar-refractivity contribution in [3.8, 4) is 0 Å². The molecule has 94 valence electrons. The highest BCUT2D eigenvalue weighted by Crippen LogP contribution is 2.21. The number of nitrogens with zero attached hydrogens (tertiary/aromatic N) is 2. The molecule has 0 aliphatic rings. The molecule has 4 heteroatoms. The van der Waals surface area contributed by atoms with Gasteiger partial charge in [-0.25, -0.2) is 9.37 Å². The fourth-order valence-corrected chi connectivity index (χ4v) is 1.72. The third kappa shape index (κ3) is 2.84. The van der Waals surface area contributed by atoms with Gasteiger partial charge in [-0.15, -0.1) is 0 Å². The lowest BCUT2D eigenvalue weighted by molar-refractivity contribution is 0.628. The first kappa shape index (κ1) is 12.5. The van der Waals surface area contributed by atoms with Crippen LogP contribution in [0.3, 0.4) is 0 Å². The minimum absolute atomic E-state index is 0.232. The van der Waals surface area contributed by atoms with Crippen molar-refractivity contribution in [1.29, 1.82) is 0 Å². The zero-order valence-corrected chi connectivity index (χ0v) is 10.5. The van der Waals surface area contributed by atoms with Gasteiger partial charge in [0.25, 0.3) is 0 Å². The van der Waals surface area contributed by atoms with E-state index in [0.717, 1.165) is 23.6 Å². The Morgan fingerprint density at radius 2 is 1.89 bits per heavy atom. The number of anilines is 2. The van der Waals surface area contributed by atoms with E-state index < -0.39 is 0 Å². The maximum Gasteiger partial charge on any atom is 0.132 e. The monoisotopic (exact) mass is 245 g/mol. The van der Waals surface area contributed by atoms with Crippen molar-refractivity contribution in [3.63, 3.8) is 0 Å². The number of rotatable bonds is 4. The van der Waals surface area contributed by atoms with Gasteiger partial charge in [0.05, 0.1) is 0 Å². The topological polar surface area (TPSA) is 28.2 Å². The van der Waals surface area contributed by atoms with Crippen LogP contribution in [-0.2, 0) is 6.54 Å². The number of halogens is 1. The van der Waals surface area contributed by atoms with Crippen molar-refractivity contribution in [2.75, 3.05) is 19.0 Å². The molecular formula is C14H16FN3. The van der Waals surface area contributed by atoms with Gasteiger partial charge in [0.15, 0.2) is 0 Å². The molecule has 0 unspecified atom stereocenters. The number of nitrogens with one attached hydrogen (secondary N) is 1. The SMILES string of the molecule is CNCc1ccc(N(C)c2ccc(F)cc2)nc1. The summed E-state index contributed by atoms with van der Waals surface area (Å²) in [5, 5.41) is 3.08. The molecule has 1 aromatic carbocycles. The van der Waals surface area contributed by atoms with E-state index in [1.54, 1.807) is 12.1 Å². The van der Waals surface area contributed by atoms with E-state index in [2.05, 4.69) is 10.3 Å². The van der Waals surface area contributed by atoms with Crippen LogP contribution >= 0.6 is 0 Å². The molecule has 3 nitrogen and oxygen atoms in total. The molecule has 18 heavy (non-hydrogen) atoms. The Labute approximate surface area is 106 Å². The zero-order chi connectivity index (χ0) is 13.0. The maximum absolute atomic E-state index is 12.8. The Kier molecular flexibility index (Phi) is 3.89. The first-order chi connectivity index (χ1) is 8.70. The minimum atomic E-state index is -0.232. The molecule has 0 saturated carbocycles. The molecule has 2 aromatic rings. The van der Waals surface area contributed by atoms with Crippen LogP contribution in [0.15, 0.2) is 42.6 Å². The summed E-state index contributed by atoms with van der Waals surface area (Å²) < 4.78 is 12.8. The van der Waals surface area contributed by atoms with Gasteiger partial charge in [-0.1, -0.05) is 6.07 Å². The van der Waals surface area contributed by atoms with Gasteiger partial charge in [0.1, 0.15) is 11.6 Å². The van der Waals surface area contributed by atoms with Crippen molar-refractivity contribution < 1.29 is 4.39 Å². The van der Waals surface area contributed by atoms with E-state index in [1.807, 2.05) is 37.3 Å². The van der Waals surface area contributed by atoms with Crippen LogP contribution in [0.5, 0.6) is 0 Å². The van der Waals surface area contributed by atoms with E-state index >= 15 is 0 Å². The highest BCUT2D eigenvalue weighted by atomic mass is 19.1. The largest absolute Gasteiger partial charge is 0.329 e. The van der Waals surface area contributed by atoms with Crippen LogP contribution in [0.1, 0.15) is 5.56 Å². The van der Waals surface area contributed by atoms with E-state index in [0.29, 0.717) is 0 Å². The molecule has 0 bridgehead atoms. The van der Waals surface area contributed by atoms with E-state index in [9.17, 15) is 4.39 Å². The van der Waals surface area contributed by atoms with Gasteiger partial charge < -0.3 is 10.2 Å². The standard InChI is InChI=1S/C14H16FN3/c1-16-9-11-3-8-14(17-10-11)18(2)13-6-4-12(15)5-7-13/h3-8,10,16H,9H2,1-2H3. The van der Waals surface area contributed by atoms with E-state index in [-0.39, 0.29) is 5.82 Å².